The number of rotatable bonds is 4. The zero-order valence-corrected chi connectivity index (χ0v) is 11.1. The van der Waals surface area contributed by atoms with E-state index in [1.165, 1.54) is 0 Å². The third-order valence-electron chi connectivity index (χ3n) is 2.71. The smallest absolute Gasteiger partial charge is 0.295 e. The van der Waals surface area contributed by atoms with Crippen molar-refractivity contribution in [2.24, 2.45) is 0 Å². The Morgan fingerprint density at radius 1 is 1.14 bits per heavy atom. The molecule has 21 heavy (non-hydrogen) atoms. The fourth-order valence-electron chi connectivity index (χ4n) is 1.70. The Kier molecular flexibility index (Phi) is 4.32. The number of nitrogens with zero attached hydrogens (tertiary/aromatic N) is 1. The number of nitro benzene ring substituents is 1. The SMILES string of the molecule is O=[N+]([O-])c1cc(F)c(Cl)cc1NCc1cc(F)ccc1F. The lowest BCUT2D eigenvalue weighted by molar-refractivity contribution is -0.384. The van der Waals surface area contributed by atoms with E-state index in [-0.39, 0.29) is 22.8 Å². The molecule has 0 amide bonds. The highest BCUT2D eigenvalue weighted by Gasteiger charge is 2.18. The lowest BCUT2D eigenvalue weighted by Gasteiger charge is -2.09. The summed E-state index contributed by atoms with van der Waals surface area (Å²) in [5.74, 6) is -2.24. The number of nitrogens with one attached hydrogen (secondary N) is 1. The minimum Gasteiger partial charge on any atom is -0.375 e. The van der Waals surface area contributed by atoms with Crippen molar-refractivity contribution in [2.45, 2.75) is 6.54 Å². The lowest BCUT2D eigenvalue weighted by atomic mass is 10.2. The highest BCUT2D eigenvalue weighted by molar-refractivity contribution is 6.31. The van der Waals surface area contributed by atoms with Crippen LogP contribution < -0.4 is 5.32 Å². The van der Waals surface area contributed by atoms with Gasteiger partial charge in [-0.1, -0.05) is 11.6 Å². The molecule has 0 unspecified atom stereocenters. The van der Waals surface area contributed by atoms with E-state index in [0.717, 1.165) is 24.3 Å². The third kappa shape index (κ3) is 3.43. The van der Waals surface area contributed by atoms with E-state index in [4.69, 9.17) is 11.6 Å². The van der Waals surface area contributed by atoms with Crippen molar-refractivity contribution >= 4 is 23.0 Å². The maximum Gasteiger partial charge on any atom is 0.295 e. The minimum atomic E-state index is -0.939. The van der Waals surface area contributed by atoms with Gasteiger partial charge in [-0.2, -0.15) is 0 Å². The molecule has 0 aliphatic rings. The van der Waals surface area contributed by atoms with Crippen LogP contribution in [0.2, 0.25) is 5.02 Å². The van der Waals surface area contributed by atoms with Crippen LogP contribution in [0.1, 0.15) is 5.56 Å². The normalized spacial score (nSPS) is 10.5. The van der Waals surface area contributed by atoms with Crippen molar-refractivity contribution in [3.8, 4) is 0 Å². The van der Waals surface area contributed by atoms with Crippen molar-refractivity contribution in [2.75, 3.05) is 5.32 Å². The van der Waals surface area contributed by atoms with Gasteiger partial charge in [-0.05, 0) is 24.3 Å². The van der Waals surface area contributed by atoms with Gasteiger partial charge in [-0.3, -0.25) is 10.1 Å². The summed E-state index contributed by atoms with van der Waals surface area (Å²) in [6.07, 6.45) is 0. The van der Waals surface area contributed by atoms with Gasteiger partial charge in [-0.25, -0.2) is 13.2 Å². The van der Waals surface area contributed by atoms with Crippen molar-refractivity contribution in [3.05, 3.63) is 68.5 Å². The topological polar surface area (TPSA) is 55.2 Å². The van der Waals surface area contributed by atoms with E-state index in [1.54, 1.807) is 0 Å². The Morgan fingerprint density at radius 3 is 2.52 bits per heavy atom. The number of halogens is 4. The van der Waals surface area contributed by atoms with E-state index in [1.807, 2.05) is 0 Å². The van der Waals surface area contributed by atoms with Crippen molar-refractivity contribution < 1.29 is 18.1 Å². The van der Waals surface area contributed by atoms with Crippen molar-refractivity contribution in [3.63, 3.8) is 0 Å². The largest absolute Gasteiger partial charge is 0.375 e. The fourth-order valence-corrected chi connectivity index (χ4v) is 1.86. The van der Waals surface area contributed by atoms with Crippen LogP contribution in [-0.2, 0) is 6.54 Å². The average molecular weight is 317 g/mol. The van der Waals surface area contributed by atoms with Gasteiger partial charge in [0.1, 0.15) is 23.1 Å². The number of hydrogen-bond donors (Lipinski definition) is 1. The van der Waals surface area contributed by atoms with Gasteiger partial charge >= 0.3 is 0 Å². The first-order valence-corrected chi connectivity index (χ1v) is 6.07. The van der Waals surface area contributed by atoms with Crippen LogP contribution in [0, 0.1) is 27.6 Å². The molecular formula is C13H8ClF3N2O2. The van der Waals surface area contributed by atoms with E-state index in [2.05, 4.69) is 5.32 Å². The summed E-state index contributed by atoms with van der Waals surface area (Å²) >= 11 is 5.56. The average Bonchev–Trinajstić information content (AvgIpc) is 2.42. The summed E-state index contributed by atoms with van der Waals surface area (Å²) < 4.78 is 39.7. The lowest BCUT2D eigenvalue weighted by Crippen LogP contribution is -2.05. The van der Waals surface area contributed by atoms with Crippen LogP contribution in [0.3, 0.4) is 0 Å². The van der Waals surface area contributed by atoms with Gasteiger partial charge in [0.15, 0.2) is 0 Å². The molecule has 0 aliphatic carbocycles. The first-order chi connectivity index (χ1) is 9.88. The number of hydrogen-bond acceptors (Lipinski definition) is 3. The van der Waals surface area contributed by atoms with Crippen LogP contribution in [0.25, 0.3) is 0 Å². The molecule has 2 aromatic carbocycles. The number of nitro groups is 1. The van der Waals surface area contributed by atoms with E-state index in [0.29, 0.717) is 6.07 Å². The summed E-state index contributed by atoms with van der Waals surface area (Å²) in [5, 5.41) is 13.1. The molecule has 0 aliphatic heterocycles. The summed E-state index contributed by atoms with van der Waals surface area (Å²) in [6.45, 7) is -0.216. The van der Waals surface area contributed by atoms with Crippen LogP contribution in [0.4, 0.5) is 24.5 Å². The molecule has 0 saturated carbocycles. The summed E-state index contributed by atoms with van der Waals surface area (Å²) in [4.78, 5) is 10.0. The number of anilines is 1. The molecule has 1 N–H and O–H groups in total. The molecule has 0 radical (unpaired) electrons. The first kappa shape index (κ1) is 15.1. The fraction of sp³-hybridized carbons (Fsp3) is 0.0769. The van der Waals surface area contributed by atoms with Crippen molar-refractivity contribution in [1.29, 1.82) is 0 Å². The second-order valence-corrected chi connectivity index (χ2v) is 4.54. The predicted octanol–water partition coefficient (Wildman–Crippen LogP) is 4.28. The van der Waals surface area contributed by atoms with Crippen LogP contribution >= 0.6 is 11.6 Å². The molecule has 2 aromatic rings. The monoisotopic (exact) mass is 316 g/mol. The van der Waals surface area contributed by atoms with Crippen LogP contribution in [0.5, 0.6) is 0 Å². The molecule has 0 saturated heterocycles. The molecule has 110 valence electrons. The maximum atomic E-state index is 13.4. The second-order valence-electron chi connectivity index (χ2n) is 4.13. The molecule has 8 heteroatoms. The Hall–Kier alpha value is -2.28. The van der Waals surface area contributed by atoms with E-state index < -0.39 is 28.1 Å². The molecule has 0 heterocycles. The minimum absolute atomic E-state index is 0.0234. The zero-order chi connectivity index (χ0) is 15.6. The molecule has 0 fully saturated rings. The highest BCUT2D eigenvalue weighted by atomic mass is 35.5. The maximum absolute atomic E-state index is 13.4. The van der Waals surface area contributed by atoms with Gasteiger partial charge in [0.25, 0.3) is 5.69 Å². The zero-order valence-electron chi connectivity index (χ0n) is 10.4. The van der Waals surface area contributed by atoms with Gasteiger partial charge in [-0.15, -0.1) is 0 Å². The molecule has 0 aromatic heterocycles. The summed E-state index contributed by atoms with van der Waals surface area (Å²) in [7, 11) is 0. The van der Waals surface area contributed by atoms with Crippen LogP contribution in [0.15, 0.2) is 30.3 Å². The Balaban J connectivity index is 2.29. The Bertz CT molecular complexity index is 710. The van der Waals surface area contributed by atoms with Crippen LogP contribution in [-0.4, -0.2) is 4.92 Å². The quantitative estimate of drug-likeness (QED) is 0.676. The number of benzene rings is 2. The second kappa shape index (κ2) is 6.01. The van der Waals surface area contributed by atoms with Gasteiger partial charge in [0.2, 0.25) is 0 Å². The molecule has 2 rings (SSSR count). The molecule has 4 nitrogen and oxygen atoms in total. The van der Waals surface area contributed by atoms with Gasteiger partial charge < -0.3 is 5.32 Å². The standard InChI is InChI=1S/C13H8ClF3N2O2/c14-9-4-12(13(19(20)21)5-11(9)17)18-6-7-3-8(15)1-2-10(7)16/h1-5,18H,6H2. The first-order valence-electron chi connectivity index (χ1n) is 5.69. The Morgan fingerprint density at radius 2 is 1.86 bits per heavy atom. The Labute approximate surface area is 122 Å². The van der Waals surface area contributed by atoms with Crippen molar-refractivity contribution in [1.82, 2.24) is 0 Å². The summed E-state index contributed by atoms with van der Waals surface area (Å²) in [5.41, 5.74) is -0.659. The molecule has 0 atom stereocenters. The molecule has 0 bridgehead atoms. The highest BCUT2D eigenvalue weighted by Crippen LogP contribution is 2.30. The molecule has 0 spiro atoms. The van der Waals surface area contributed by atoms with Gasteiger partial charge in [0.05, 0.1) is 16.0 Å². The molecular weight excluding hydrogens is 309 g/mol. The van der Waals surface area contributed by atoms with E-state index >= 15 is 0 Å². The third-order valence-corrected chi connectivity index (χ3v) is 3.00. The van der Waals surface area contributed by atoms with E-state index in [9.17, 15) is 23.3 Å². The van der Waals surface area contributed by atoms with Gasteiger partial charge in [0, 0.05) is 12.1 Å². The predicted molar refractivity (Wildman–Crippen MR) is 71.7 cm³/mol. The summed E-state index contributed by atoms with van der Waals surface area (Å²) in [6, 6.07) is 4.53.